The zero-order chi connectivity index (χ0) is 25.5. The van der Waals surface area contributed by atoms with E-state index in [-0.39, 0.29) is 22.7 Å². The first kappa shape index (κ1) is 25.9. The summed E-state index contributed by atoms with van der Waals surface area (Å²) < 4.78 is 79.1. The van der Waals surface area contributed by atoms with E-state index < -0.39 is 47.0 Å². The number of carbonyl (C=O) groups excluding carboxylic acids is 1. The lowest BCUT2D eigenvalue weighted by molar-refractivity contribution is -0.178. The minimum absolute atomic E-state index is 0.0168. The van der Waals surface area contributed by atoms with Gasteiger partial charge in [0.05, 0.1) is 33.5 Å². The fourth-order valence-electron chi connectivity index (χ4n) is 3.73. The van der Waals surface area contributed by atoms with Gasteiger partial charge in [-0.25, -0.2) is 0 Å². The molecule has 4 nitrogen and oxygen atoms in total. The molecule has 0 bridgehead atoms. The van der Waals surface area contributed by atoms with Crippen LogP contribution in [0.25, 0.3) is 0 Å². The van der Waals surface area contributed by atoms with Crippen molar-refractivity contribution in [2.24, 2.45) is 11.3 Å². The summed E-state index contributed by atoms with van der Waals surface area (Å²) in [5.41, 5.74) is -1.71. The molecular weight excluding hydrogens is 488 g/mol. The minimum Gasteiger partial charge on any atom is -0.481 e. The highest BCUT2D eigenvalue weighted by atomic mass is 35.5. The zero-order valence-corrected chi connectivity index (χ0v) is 18.5. The number of rotatable bonds is 7. The number of carbonyl (C=O) groups is 2. The Morgan fingerprint density at radius 3 is 2.12 bits per heavy atom. The first-order valence-corrected chi connectivity index (χ1v) is 10.6. The molecule has 0 spiro atoms. The average molecular weight is 508 g/mol. The largest absolute Gasteiger partial charge is 0.481 e. The molecule has 0 heterocycles. The van der Waals surface area contributed by atoms with Crippen molar-refractivity contribution in [3.63, 3.8) is 0 Å². The number of anilines is 1. The van der Waals surface area contributed by atoms with Crippen LogP contribution in [0.3, 0.4) is 0 Å². The molecule has 2 aromatic carbocycles. The highest BCUT2D eigenvalue weighted by Gasteiger charge is 2.50. The van der Waals surface area contributed by atoms with E-state index >= 15 is 0 Å². The van der Waals surface area contributed by atoms with Crippen molar-refractivity contribution in [3.05, 3.63) is 64.2 Å². The van der Waals surface area contributed by atoms with Crippen LogP contribution in [-0.2, 0) is 22.2 Å². The first-order valence-electron chi connectivity index (χ1n) is 10.2. The molecule has 2 aromatic rings. The van der Waals surface area contributed by atoms with Crippen LogP contribution in [-0.4, -0.2) is 23.2 Å². The molecule has 184 valence electrons. The first-order chi connectivity index (χ1) is 15.6. The topological polar surface area (TPSA) is 66.4 Å². The van der Waals surface area contributed by atoms with E-state index in [2.05, 4.69) is 5.32 Å². The van der Waals surface area contributed by atoms with E-state index in [0.717, 1.165) is 19.1 Å². The van der Waals surface area contributed by atoms with Crippen LogP contribution in [0.4, 0.5) is 32.0 Å². The minimum atomic E-state index is -4.81. The summed E-state index contributed by atoms with van der Waals surface area (Å²) in [6, 6.07) is 7.28. The third kappa shape index (κ3) is 5.65. The quantitative estimate of drug-likeness (QED) is 0.410. The number of hydrogen-bond acceptors (Lipinski definition) is 2. The maximum atomic E-state index is 13.5. The second-order valence-corrected chi connectivity index (χ2v) is 8.90. The summed E-state index contributed by atoms with van der Waals surface area (Å²) in [4.78, 5) is 24.4. The molecule has 2 N–H and O–H groups in total. The normalized spacial score (nSPS) is 17.1. The lowest BCUT2D eigenvalue weighted by atomic mass is 9.85. The van der Waals surface area contributed by atoms with Gasteiger partial charge in [0.25, 0.3) is 0 Å². The number of hydrogen-bond donors (Lipinski definition) is 2. The van der Waals surface area contributed by atoms with Crippen molar-refractivity contribution in [1.29, 1.82) is 0 Å². The molecule has 0 aliphatic heterocycles. The Morgan fingerprint density at radius 2 is 1.65 bits per heavy atom. The molecule has 2 atom stereocenters. The Bertz CT molecular complexity index is 1080. The number of carboxylic acid groups (broad SMARTS) is 1. The second-order valence-electron chi connectivity index (χ2n) is 8.49. The fraction of sp³-hybridized carbons (Fsp3) is 0.391. The van der Waals surface area contributed by atoms with Gasteiger partial charge in [0.15, 0.2) is 0 Å². The van der Waals surface area contributed by atoms with Crippen molar-refractivity contribution in [1.82, 2.24) is 0 Å². The highest BCUT2D eigenvalue weighted by molar-refractivity contribution is 6.33. The van der Waals surface area contributed by atoms with Gasteiger partial charge < -0.3 is 10.4 Å². The van der Waals surface area contributed by atoms with Crippen molar-refractivity contribution < 1.29 is 41.0 Å². The van der Waals surface area contributed by atoms with Crippen molar-refractivity contribution in [2.45, 2.75) is 44.5 Å². The van der Waals surface area contributed by atoms with E-state index in [4.69, 9.17) is 11.6 Å². The lowest BCUT2D eigenvalue weighted by Gasteiger charge is -2.26. The van der Waals surface area contributed by atoms with Crippen LogP contribution < -0.4 is 5.32 Å². The molecule has 1 saturated carbocycles. The monoisotopic (exact) mass is 507 g/mol. The molecule has 1 amide bonds. The van der Waals surface area contributed by atoms with Crippen molar-refractivity contribution >= 4 is 29.2 Å². The summed E-state index contributed by atoms with van der Waals surface area (Å²) in [5, 5.41) is 11.7. The number of halogens is 7. The summed E-state index contributed by atoms with van der Waals surface area (Å²) in [5.74, 6) is -6.14. The van der Waals surface area contributed by atoms with Gasteiger partial charge in [-0.2, -0.15) is 26.3 Å². The van der Waals surface area contributed by atoms with Crippen molar-refractivity contribution in [2.75, 3.05) is 5.32 Å². The molecule has 1 aliphatic rings. The predicted octanol–water partition coefficient (Wildman–Crippen LogP) is 6.69. The predicted molar refractivity (Wildman–Crippen MR) is 112 cm³/mol. The number of nitrogens with one attached hydrogen (secondary N) is 1. The Labute approximate surface area is 195 Å². The summed E-state index contributed by atoms with van der Waals surface area (Å²) in [7, 11) is 0. The smallest absolute Gasteiger partial charge is 0.416 e. The Kier molecular flexibility index (Phi) is 6.94. The van der Waals surface area contributed by atoms with Crippen LogP contribution in [0.2, 0.25) is 5.02 Å². The Morgan fingerprint density at radius 1 is 1.06 bits per heavy atom. The van der Waals surface area contributed by atoms with Gasteiger partial charge in [-0.3, -0.25) is 9.59 Å². The molecule has 0 unspecified atom stereocenters. The van der Waals surface area contributed by atoms with Gasteiger partial charge in [0.1, 0.15) is 0 Å². The Balaban J connectivity index is 1.90. The molecule has 34 heavy (non-hydrogen) atoms. The van der Waals surface area contributed by atoms with E-state index in [1.807, 2.05) is 0 Å². The van der Waals surface area contributed by atoms with E-state index in [0.29, 0.717) is 30.5 Å². The third-order valence-electron chi connectivity index (χ3n) is 6.03. The van der Waals surface area contributed by atoms with E-state index in [1.165, 1.54) is 12.1 Å². The van der Waals surface area contributed by atoms with Gasteiger partial charge >= 0.3 is 18.3 Å². The van der Waals surface area contributed by atoms with Gasteiger partial charge in [0.2, 0.25) is 5.91 Å². The van der Waals surface area contributed by atoms with Crippen LogP contribution in [0.5, 0.6) is 0 Å². The molecule has 3 rings (SSSR count). The Hall–Kier alpha value is -2.75. The number of alkyl halides is 6. The molecule has 0 radical (unpaired) electrons. The summed E-state index contributed by atoms with van der Waals surface area (Å²) >= 11 is 6.10. The van der Waals surface area contributed by atoms with E-state index in [9.17, 15) is 41.0 Å². The van der Waals surface area contributed by atoms with Gasteiger partial charge in [0, 0.05) is 0 Å². The van der Waals surface area contributed by atoms with Gasteiger partial charge in [-0.1, -0.05) is 36.7 Å². The van der Waals surface area contributed by atoms with Crippen LogP contribution in [0, 0.1) is 11.3 Å². The molecule has 1 fully saturated rings. The van der Waals surface area contributed by atoms with Crippen molar-refractivity contribution in [3.8, 4) is 0 Å². The molecular formula is C23H20ClF6NO3. The van der Waals surface area contributed by atoms with Gasteiger partial charge in [-0.15, -0.1) is 0 Å². The van der Waals surface area contributed by atoms with Gasteiger partial charge in [-0.05, 0) is 54.7 Å². The highest BCUT2D eigenvalue weighted by Crippen LogP contribution is 2.49. The third-order valence-corrected chi connectivity index (χ3v) is 6.36. The number of carboxylic acids is 1. The lowest BCUT2D eigenvalue weighted by Crippen LogP contribution is -2.34. The molecule has 0 aromatic heterocycles. The number of amides is 1. The molecule has 11 heteroatoms. The molecule has 1 aliphatic carbocycles. The standard InChI is InChI=1S/C23H20ClF6NO3/c1-12(22(25,26)27)18(14-3-5-15(6-4-14)23(28,29)30)19(32)31-17-10-13(2-7-16(17)24)11-21(8-9-21)20(33)34/h2-7,10,12,18H,8-9,11H2,1H3,(H,31,32)(H,33,34)/t12-,18+/m1/s1. The van der Waals surface area contributed by atoms with Crippen LogP contribution in [0.1, 0.15) is 42.4 Å². The van der Waals surface area contributed by atoms with Crippen LogP contribution >= 0.6 is 11.6 Å². The second kappa shape index (κ2) is 9.13. The van der Waals surface area contributed by atoms with E-state index in [1.54, 1.807) is 6.07 Å². The zero-order valence-electron chi connectivity index (χ0n) is 17.7. The average Bonchev–Trinajstić information content (AvgIpc) is 3.50. The number of aliphatic carboxylic acids is 1. The maximum Gasteiger partial charge on any atom is 0.416 e. The number of benzene rings is 2. The summed E-state index contributed by atoms with van der Waals surface area (Å²) in [6.07, 6.45) is -8.38. The SMILES string of the molecule is C[C@H]([C@H](C(=O)Nc1cc(CC2(C(=O)O)CC2)ccc1Cl)c1ccc(C(F)(F)F)cc1)C(F)(F)F. The maximum absolute atomic E-state index is 13.5. The fourth-order valence-corrected chi connectivity index (χ4v) is 3.90. The van der Waals surface area contributed by atoms with Crippen LogP contribution in [0.15, 0.2) is 42.5 Å². The molecule has 0 saturated heterocycles. The summed E-state index contributed by atoms with van der Waals surface area (Å²) in [6.45, 7) is 0.768.